The van der Waals surface area contributed by atoms with Crippen molar-refractivity contribution in [3.63, 3.8) is 0 Å². The minimum Gasteiger partial charge on any atom is -0.344 e. The maximum Gasteiger partial charge on any atom is 0.227 e. The van der Waals surface area contributed by atoms with Crippen LogP contribution < -0.4 is 0 Å². The van der Waals surface area contributed by atoms with E-state index in [1.165, 1.54) is 6.07 Å². The monoisotopic (exact) mass is 403 g/mol. The summed E-state index contributed by atoms with van der Waals surface area (Å²) in [5.41, 5.74) is 4.35. The van der Waals surface area contributed by atoms with Crippen LogP contribution in [0.5, 0.6) is 0 Å². The summed E-state index contributed by atoms with van der Waals surface area (Å²) in [4.78, 5) is 21.1. The van der Waals surface area contributed by atoms with E-state index in [1.54, 1.807) is 24.5 Å². The second-order valence-corrected chi connectivity index (χ2v) is 7.96. The van der Waals surface area contributed by atoms with Gasteiger partial charge >= 0.3 is 0 Å². The fraction of sp³-hybridized carbons (Fsp3) is 0.280. The van der Waals surface area contributed by atoms with Crippen molar-refractivity contribution in [1.82, 2.24) is 14.8 Å². The van der Waals surface area contributed by atoms with Gasteiger partial charge in [0.25, 0.3) is 0 Å². The minimum atomic E-state index is -0.221. The lowest BCUT2D eigenvalue weighted by Crippen LogP contribution is -2.34. The molecule has 0 saturated carbocycles. The van der Waals surface area contributed by atoms with Crippen LogP contribution in [0.2, 0.25) is 0 Å². The lowest BCUT2D eigenvalue weighted by molar-refractivity contribution is -0.133. The molecule has 1 aliphatic rings. The molecular formula is C25H26FN3O. The molecule has 5 heteroatoms. The van der Waals surface area contributed by atoms with Gasteiger partial charge in [0.1, 0.15) is 5.82 Å². The van der Waals surface area contributed by atoms with Crippen LogP contribution in [0.1, 0.15) is 11.1 Å². The molecule has 2 heterocycles. The van der Waals surface area contributed by atoms with Crippen molar-refractivity contribution in [1.29, 1.82) is 0 Å². The van der Waals surface area contributed by atoms with Crippen molar-refractivity contribution < 1.29 is 9.18 Å². The number of hydrogen-bond donors (Lipinski definition) is 0. The van der Waals surface area contributed by atoms with Crippen molar-refractivity contribution in [3.05, 3.63) is 90.0 Å². The van der Waals surface area contributed by atoms with E-state index < -0.39 is 0 Å². The van der Waals surface area contributed by atoms with Crippen molar-refractivity contribution in [2.24, 2.45) is 5.92 Å². The Balaban J connectivity index is 1.47. The zero-order valence-corrected chi connectivity index (χ0v) is 17.2. The summed E-state index contributed by atoms with van der Waals surface area (Å²) in [7, 11) is 1.87. The first kappa shape index (κ1) is 20.2. The molecule has 1 aliphatic heterocycles. The standard InChI is InChI=1S/C25H26FN3O/c1-28-13-14-29(17-20-3-2-4-24(26)16-20)18-23(25(28)30)15-19-5-7-21(8-6-19)22-9-11-27-12-10-22/h2-12,16,23H,13-15,17-18H2,1H3. The van der Waals surface area contributed by atoms with Crippen LogP contribution in [0, 0.1) is 11.7 Å². The van der Waals surface area contributed by atoms with E-state index in [2.05, 4.69) is 34.1 Å². The van der Waals surface area contributed by atoms with E-state index >= 15 is 0 Å². The topological polar surface area (TPSA) is 36.4 Å². The zero-order valence-electron chi connectivity index (χ0n) is 17.2. The highest BCUT2D eigenvalue weighted by molar-refractivity contribution is 5.79. The Bertz CT molecular complexity index is 991. The zero-order chi connectivity index (χ0) is 20.9. The predicted molar refractivity (Wildman–Crippen MR) is 116 cm³/mol. The Hall–Kier alpha value is -3.05. The molecule has 154 valence electrons. The van der Waals surface area contributed by atoms with Crippen molar-refractivity contribution in [2.75, 3.05) is 26.7 Å². The van der Waals surface area contributed by atoms with E-state index in [-0.39, 0.29) is 17.6 Å². The number of aromatic nitrogens is 1. The van der Waals surface area contributed by atoms with E-state index in [1.807, 2.05) is 30.1 Å². The first-order chi connectivity index (χ1) is 14.6. The molecule has 1 unspecified atom stereocenters. The van der Waals surface area contributed by atoms with Gasteiger partial charge in [-0.15, -0.1) is 0 Å². The van der Waals surface area contributed by atoms with Gasteiger partial charge in [-0.3, -0.25) is 14.7 Å². The normalized spacial score (nSPS) is 17.7. The molecule has 1 fully saturated rings. The molecule has 2 aromatic carbocycles. The first-order valence-corrected chi connectivity index (χ1v) is 10.3. The van der Waals surface area contributed by atoms with Crippen LogP contribution in [0.4, 0.5) is 4.39 Å². The summed E-state index contributed by atoms with van der Waals surface area (Å²) in [6.45, 7) is 2.80. The lowest BCUT2D eigenvalue weighted by Gasteiger charge is -2.23. The number of nitrogens with zero attached hydrogens (tertiary/aromatic N) is 3. The Kier molecular flexibility index (Phi) is 6.19. The summed E-state index contributed by atoms with van der Waals surface area (Å²) >= 11 is 0. The second kappa shape index (κ2) is 9.18. The van der Waals surface area contributed by atoms with Gasteiger partial charge in [-0.25, -0.2) is 4.39 Å². The van der Waals surface area contributed by atoms with E-state index in [4.69, 9.17) is 0 Å². The van der Waals surface area contributed by atoms with E-state index in [0.29, 0.717) is 26.1 Å². The molecular weight excluding hydrogens is 377 g/mol. The molecule has 1 atom stereocenters. The van der Waals surface area contributed by atoms with Crippen LogP contribution in [-0.2, 0) is 17.8 Å². The number of carbonyl (C=O) groups excluding carboxylic acids is 1. The smallest absolute Gasteiger partial charge is 0.227 e. The first-order valence-electron chi connectivity index (χ1n) is 10.3. The number of carbonyl (C=O) groups is 1. The summed E-state index contributed by atoms with van der Waals surface area (Å²) in [5, 5.41) is 0. The number of amides is 1. The third-order valence-corrected chi connectivity index (χ3v) is 5.70. The fourth-order valence-electron chi connectivity index (χ4n) is 4.05. The third kappa shape index (κ3) is 4.92. The van der Waals surface area contributed by atoms with Crippen LogP contribution in [0.3, 0.4) is 0 Å². The number of pyridine rings is 1. The highest BCUT2D eigenvalue weighted by atomic mass is 19.1. The van der Waals surface area contributed by atoms with Gasteiger partial charge in [0.05, 0.1) is 5.92 Å². The quantitative estimate of drug-likeness (QED) is 0.646. The maximum atomic E-state index is 13.6. The van der Waals surface area contributed by atoms with Gasteiger partial charge in [-0.2, -0.15) is 0 Å². The number of halogens is 1. The summed E-state index contributed by atoms with van der Waals surface area (Å²) in [6, 6.07) is 19.1. The Labute approximate surface area is 177 Å². The van der Waals surface area contributed by atoms with Crippen LogP contribution >= 0.6 is 0 Å². The van der Waals surface area contributed by atoms with Gasteiger partial charge in [0, 0.05) is 45.6 Å². The van der Waals surface area contributed by atoms with Crippen LogP contribution in [0.15, 0.2) is 73.1 Å². The molecule has 0 N–H and O–H groups in total. The molecule has 0 spiro atoms. The van der Waals surface area contributed by atoms with E-state index in [9.17, 15) is 9.18 Å². The highest BCUT2D eigenvalue weighted by Gasteiger charge is 2.28. The molecule has 0 aliphatic carbocycles. The molecule has 3 aromatic rings. The number of hydrogen-bond acceptors (Lipinski definition) is 3. The minimum absolute atomic E-state index is 0.113. The van der Waals surface area contributed by atoms with E-state index in [0.717, 1.165) is 28.8 Å². The molecule has 1 saturated heterocycles. The Morgan fingerprint density at radius 1 is 0.967 bits per heavy atom. The Morgan fingerprint density at radius 2 is 1.70 bits per heavy atom. The highest BCUT2D eigenvalue weighted by Crippen LogP contribution is 2.22. The SMILES string of the molecule is CN1CCN(Cc2cccc(F)c2)CC(Cc2ccc(-c3ccncc3)cc2)C1=O. The van der Waals surface area contributed by atoms with Gasteiger partial charge in [-0.05, 0) is 52.9 Å². The molecule has 4 nitrogen and oxygen atoms in total. The molecule has 1 aromatic heterocycles. The molecule has 4 rings (SSSR count). The number of benzene rings is 2. The van der Waals surface area contributed by atoms with Crippen molar-refractivity contribution in [2.45, 2.75) is 13.0 Å². The maximum absolute atomic E-state index is 13.6. The molecule has 30 heavy (non-hydrogen) atoms. The summed E-state index contributed by atoms with van der Waals surface area (Å²) in [5.74, 6) is -0.158. The second-order valence-electron chi connectivity index (χ2n) is 7.96. The largest absolute Gasteiger partial charge is 0.344 e. The summed E-state index contributed by atoms with van der Waals surface area (Å²) < 4.78 is 13.6. The number of rotatable bonds is 5. The Morgan fingerprint density at radius 3 is 2.43 bits per heavy atom. The third-order valence-electron chi connectivity index (χ3n) is 5.70. The molecule has 0 bridgehead atoms. The average Bonchev–Trinajstić information content (AvgIpc) is 2.89. The average molecular weight is 404 g/mol. The van der Waals surface area contributed by atoms with Gasteiger partial charge in [0.15, 0.2) is 0 Å². The van der Waals surface area contributed by atoms with Crippen molar-refractivity contribution in [3.8, 4) is 11.1 Å². The van der Waals surface area contributed by atoms with Crippen LogP contribution in [-0.4, -0.2) is 47.4 Å². The van der Waals surface area contributed by atoms with Crippen molar-refractivity contribution >= 4 is 5.91 Å². The fourth-order valence-corrected chi connectivity index (χ4v) is 4.05. The van der Waals surface area contributed by atoms with Crippen LogP contribution in [0.25, 0.3) is 11.1 Å². The molecule has 0 radical (unpaired) electrons. The van der Waals surface area contributed by atoms with Gasteiger partial charge in [0.2, 0.25) is 5.91 Å². The number of likely N-dealkylation sites (N-methyl/N-ethyl adjacent to an activating group) is 1. The predicted octanol–water partition coefficient (Wildman–Crippen LogP) is 4.02. The van der Waals surface area contributed by atoms with Gasteiger partial charge in [-0.1, -0.05) is 36.4 Å². The molecule has 1 amide bonds. The summed E-state index contributed by atoms with van der Waals surface area (Å²) in [6.07, 6.45) is 4.27. The van der Waals surface area contributed by atoms with Gasteiger partial charge < -0.3 is 4.90 Å². The lowest BCUT2D eigenvalue weighted by atomic mass is 9.96.